The van der Waals surface area contributed by atoms with E-state index in [1.807, 2.05) is 7.05 Å². The molecule has 1 aliphatic rings. The summed E-state index contributed by atoms with van der Waals surface area (Å²) in [6.07, 6.45) is 7.66. The van der Waals surface area contributed by atoms with E-state index < -0.39 is 0 Å². The van der Waals surface area contributed by atoms with E-state index in [9.17, 15) is 4.79 Å². The van der Waals surface area contributed by atoms with E-state index in [1.54, 1.807) is 4.68 Å². The second-order valence-corrected chi connectivity index (χ2v) is 5.57. The zero-order valence-electron chi connectivity index (χ0n) is 12.5. The van der Waals surface area contributed by atoms with Crippen molar-refractivity contribution in [2.75, 3.05) is 20.1 Å². The minimum absolute atomic E-state index is 0.145. The zero-order chi connectivity index (χ0) is 14.4. The van der Waals surface area contributed by atoms with Gasteiger partial charge < -0.3 is 10.2 Å². The summed E-state index contributed by atoms with van der Waals surface area (Å²) in [5.74, 6) is 1.04. The van der Waals surface area contributed by atoms with Crippen LogP contribution in [0.25, 0.3) is 0 Å². The molecular formula is C14H25N5O. The van der Waals surface area contributed by atoms with Crippen LogP contribution >= 0.6 is 0 Å². The fraction of sp³-hybridized carbons (Fsp3) is 0.786. The van der Waals surface area contributed by atoms with Crippen LogP contribution < -0.4 is 5.32 Å². The molecule has 0 aliphatic carbocycles. The number of nitrogens with one attached hydrogen (secondary N) is 1. The molecule has 6 heteroatoms. The van der Waals surface area contributed by atoms with Crippen LogP contribution in [0.3, 0.4) is 0 Å². The Hall–Kier alpha value is -1.43. The number of hydrogen-bond donors (Lipinski definition) is 1. The first-order valence-electron chi connectivity index (χ1n) is 7.46. The summed E-state index contributed by atoms with van der Waals surface area (Å²) < 4.78 is 1.74. The van der Waals surface area contributed by atoms with Gasteiger partial charge in [0.1, 0.15) is 12.2 Å². The number of likely N-dealkylation sites (tertiary alicyclic amines) is 1. The van der Waals surface area contributed by atoms with Gasteiger partial charge in [-0.1, -0.05) is 6.42 Å². The van der Waals surface area contributed by atoms with Crippen molar-refractivity contribution in [3.8, 4) is 0 Å². The van der Waals surface area contributed by atoms with Crippen molar-refractivity contribution in [2.24, 2.45) is 7.05 Å². The second kappa shape index (κ2) is 7.38. The summed E-state index contributed by atoms with van der Waals surface area (Å²) in [4.78, 5) is 18.4. The summed E-state index contributed by atoms with van der Waals surface area (Å²) in [6.45, 7) is 1.80. The van der Waals surface area contributed by atoms with E-state index in [2.05, 4.69) is 27.3 Å². The van der Waals surface area contributed by atoms with Gasteiger partial charge in [0.15, 0.2) is 0 Å². The Bertz CT molecular complexity index is 431. The lowest BCUT2D eigenvalue weighted by atomic mass is 9.98. The van der Waals surface area contributed by atoms with Gasteiger partial charge in [-0.3, -0.25) is 9.48 Å². The first-order valence-corrected chi connectivity index (χ1v) is 7.46. The van der Waals surface area contributed by atoms with Crippen LogP contribution in [-0.4, -0.2) is 51.8 Å². The summed E-state index contributed by atoms with van der Waals surface area (Å²) in [6, 6.07) is 0.577. The number of aryl methyl sites for hydroxylation is 1. The first-order chi connectivity index (χ1) is 9.66. The highest BCUT2D eigenvalue weighted by atomic mass is 16.1. The summed E-state index contributed by atoms with van der Waals surface area (Å²) >= 11 is 0. The molecule has 1 aromatic heterocycles. The van der Waals surface area contributed by atoms with Crippen LogP contribution in [0.5, 0.6) is 0 Å². The largest absolute Gasteiger partial charge is 0.356 e. The van der Waals surface area contributed by atoms with Crippen molar-refractivity contribution in [3.05, 3.63) is 12.2 Å². The topological polar surface area (TPSA) is 63.1 Å². The van der Waals surface area contributed by atoms with Gasteiger partial charge in [0.2, 0.25) is 5.91 Å². The molecule has 1 aromatic rings. The highest BCUT2D eigenvalue weighted by Gasteiger charge is 2.19. The maximum Gasteiger partial charge on any atom is 0.220 e. The molecule has 1 N–H and O–H groups in total. The van der Waals surface area contributed by atoms with Crippen molar-refractivity contribution >= 4 is 5.91 Å². The van der Waals surface area contributed by atoms with Crippen LogP contribution in [-0.2, 0) is 18.3 Å². The number of aromatic nitrogens is 3. The van der Waals surface area contributed by atoms with Gasteiger partial charge in [-0.15, -0.1) is 0 Å². The molecule has 0 aromatic carbocycles. The average Bonchev–Trinajstić information content (AvgIpc) is 2.84. The number of carbonyl (C=O) groups is 1. The average molecular weight is 279 g/mol. The van der Waals surface area contributed by atoms with Crippen molar-refractivity contribution in [3.63, 3.8) is 0 Å². The molecular weight excluding hydrogens is 254 g/mol. The van der Waals surface area contributed by atoms with Crippen molar-refractivity contribution in [1.82, 2.24) is 25.0 Å². The molecule has 1 fully saturated rings. The van der Waals surface area contributed by atoms with E-state index in [4.69, 9.17) is 0 Å². The van der Waals surface area contributed by atoms with Crippen LogP contribution in [0.4, 0.5) is 0 Å². The quantitative estimate of drug-likeness (QED) is 0.834. The minimum atomic E-state index is 0.145. The third-order valence-corrected chi connectivity index (χ3v) is 4.10. The molecule has 112 valence electrons. The summed E-state index contributed by atoms with van der Waals surface area (Å²) in [7, 11) is 4.03. The van der Waals surface area contributed by atoms with Gasteiger partial charge in [0, 0.05) is 32.5 Å². The van der Waals surface area contributed by atoms with E-state index in [0.29, 0.717) is 19.0 Å². The SMILES string of the molecule is CN1CCCC[C@@H]1CCC(=O)NCCc1ncnn1C. The molecule has 1 saturated heterocycles. The lowest BCUT2D eigenvalue weighted by Crippen LogP contribution is -2.37. The molecule has 0 saturated carbocycles. The molecule has 1 amide bonds. The Balaban J connectivity index is 1.62. The van der Waals surface area contributed by atoms with E-state index in [0.717, 1.165) is 18.7 Å². The Kier molecular flexibility index (Phi) is 5.52. The van der Waals surface area contributed by atoms with Gasteiger partial charge in [0.25, 0.3) is 0 Å². The lowest BCUT2D eigenvalue weighted by Gasteiger charge is -2.32. The predicted molar refractivity (Wildman–Crippen MR) is 77.2 cm³/mol. The van der Waals surface area contributed by atoms with E-state index in [1.165, 1.54) is 32.1 Å². The summed E-state index contributed by atoms with van der Waals surface area (Å²) in [5.41, 5.74) is 0. The molecule has 2 heterocycles. The lowest BCUT2D eigenvalue weighted by molar-refractivity contribution is -0.121. The molecule has 0 radical (unpaired) electrons. The van der Waals surface area contributed by atoms with Gasteiger partial charge in [-0.05, 0) is 32.9 Å². The molecule has 0 unspecified atom stereocenters. The maximum absolute atomic E-state index is 11.8. The number of amides is 1. The Morgan fingerprint density at radius 3 is 3.00 bits per heavy atom. The highest BCUT2D eigenvalue weighted by Crippen LogP contribution is 2.18. The smallest absolute Gasteiger partial charge is 0.220 e. The highest BCUT2D eigenvalue weighted by molar-refractivity contribution is 5.75. The number of rotatable bonds is 6. The molecule has 1 atom stereocenters. The van der Waals surface area contributed by atoms with Crippen LogP contribution in [0, 0.1) is 0 Å². The minimum Gasteiger partial charge on any atom is -0.356 e. The van der Waals surface area contributed by atoms with Gasteiger partial charge >= 0.3 is 0 Å². The third kappa shape index (κ3) is 4.30. The van der Waals surface area contributed by atoms with Gasteiger partial charge in [-0.2, -0.15) is 5.10 Å². The fourth-order valence-electron chi connectivity index (χ4n) is 2.76. The number of nitrogens with zero attached hydrogens (tertiary/aromatic N) is 4. The molecule has 6 nitrogen and oxygen atoms in total. The molecule has 2 rings (SSSR count). The molecule has 20 heavy (non-hydrogen) atoms. The molecule has 1 aliphatic heterocycles. The normalized spacial score (nSPS) is 20.0. The van der Waals surface area contributed by atoms with Crippen LogP contribution in [0.15, 0.2) is 6.33 Å². The van der Waals surface area contributed by atoms with Crippen molar-refractivity contribution in [2.45, 2.75) is 44.6 Å². The number of piperidine rings is 1. The number of hydrogen-bond acceptors (Lipinski definition) is 4. The first kappa shape index (κ1) is 15.0. The number of carbonyl (C=O) groups excluding carboxylic acids is 1. The third-order valence-electron chi connectivity index (χ3n) is 4.10. The van der Waals surface area contributed by atoms with E-state index in [-0.39, 0.29) is 5.91 Å². The Morgan fingerprint density at radius 1 is 1.45 bits per heavy atom. The standard InChI is InChI=1S/C14H25N5O/c1-18-10-4-3-5-12(18)6-7-14(20)15-9-8-13-16-11-17-19(13)2/h11-12H,3-10H2,1-2H3,(H,15,20)/t12-/m1/s1. The zero-order valence-corrected chi connectivity index (χ0v) is 12.5. The maximum atomic E-state index is 11.8. The van der Waals surface area contributed by atoms with Gasteiger partial charge in [0.05, 0.1) is 0 Å². The Morgan fingerprint density at radius 2 is 2.30 bits per heavy atom. The predicted octanol–water partition coefficient (Wildman–Crippen LogP) is 0.738. The molecule has 0 bridgehead atoms. The van der Waals surface area contributed by atoms with Crippen molar-refractivity contribution in [1.29, 1.82) is 0 Å². The fourth-order valence-corrected chi connectivity index (χ4v) is 2.76. The monoisotopic (exact) mass is 279 g/mol. The molecule has 0 spiro atoms. The van der Waals surface area contributed by atoms with Crippen LogP contribution in [0.2, 0.25) is 0 Å². The second-order valence-electron chi connectivity index (χ2n) is 5.57. The van der Waals surface area contributed by atoms with Crippen LogP contribution in [0.1, 0.15) is 37.9 Å². The van der Waals surface area contributed by atoms with Crippen molar-refractivity contribution < 1.29 is 4.79 Å². The summed E-state index contributed by atoms with van der Waals surface area (Å²) in [5, 5.41) is 6.97. The van der Waals surface area contributed by atoms with E-state index >= 15 is 0 Å². The van der Waals surface area contributed by atoms with Gasteiger partial charge in [-0.25, -0.2) is 4.98 Å². The Labute approximate surface area is 120 Å².